The molecule has 0 radical (unpaired) electrons. The van der Waals surface area contributed by atoms with Gasteiger partial charge in [0, 0.05) is 36.8 Å². The second-order valence-electron chi connectivity index (χ2n) is 6.54. The number of nitrogens with zero attached hydrogens (tertiary/aromatic N) is 4. The largest absolute Gasteiger partial charge is 0.379 e. The number of hydrogen-bond donors (Lipinski definition) is 0. The van der Waals surface area contributed by atoms with Crippen LogP contribution in [0.2, 0.25) is 0 Å². The Kier molecular flexibility index (Phi) is 4.84. The predicted octanol–water partition coefficient (Wildman–Crippen LogP) is 2.36. The van der Waals surface area contributed by atoms with Crippen LogP contribution in [0.4, 0.5) is 0 Å². The Balaban J connectivity index is 1.49. The van der Waals surface area contributed by atoms with E-state index >= 15 is 0 Å². The van der Waals surface area contributed by atoms with Crippen molar-refractivity contribution in [3.05, 3.63) is 66.1 Å². The lowest BCUT2D eigenvalue weighted by Crippen LogP contribution is -2.37. The summed E-state index contributed by atoms with van der Waals surface area (Å²) < 4.78 is 5.74. The first-order chi connectivity index (χ1) is 12.8. The Morgan fingerprint density at radius 2 is 2.12 bits per heavy atom. The van der Waals surface area contributed by atoms with Crippen molar-refractivity contribution in [2.75, 3.05) is 26.3 Å². The average Bonchev–Trinajstić information content (AvgIpc) is 2.93. The molecule has 1 amide bonds. The van der Waals surface area contributed by atoms with E-state index in [4.69, 9.17) is 4.74 Å². The summed E-state index contributed by atoms with van der Waals surface area (Å²) >= 11 is 0. The van der Waals surface area contributed by atoms with Crippen LogP contribution in [-0.4, -0.2) is 52.3 Å². The Hall–Kier alpha value is -2.86. The van der Waals surface area contributed by atoms with E-state index in [1.54, 1.807) is 24.5 Å². The number of ether oxygens (including phenoxy) is 1. The zero-order valence-corrected chi connectivity index (χ0v) is 14.4. The van der Waals surface area contributed by atoms with Crippen molar-refractivity contribution in [3.8, 4) is 0 Å². The fourth-order valence-electron chi connectivity index (χ4n) is 3.35. The smallest absolute Gasteiger partial charge is 0.274 e. The van der Waals surface area contributed by atoms with Gasteiger partial charge in [-0.05, 0) is 42.3 Å². The highest BCUT2D eigenvalue weighted by Gasteiger charge is 2.24. The molecule has 1 fully saturated rings. The molecule has 6 heteroatoms. The number of carbonyl (C=O) groups excluding carboxylic acids is 1. The minimum absolute atomic E-state index is 0.0867. The Bertz CT molecular complexity index is 900. The second kappa shape index (κ2) is 7.58. The molecule has 3 aromatic rings. The lowest BCUT2D eigenvalue weighted by atomic mass is 9.98. The van der Waals surface area contributed by atoms with E-state index in [-0.39, 0.29) is 11.8 Å². The van der Waals surface area contributed by atoms with Crippen molar-refractivity contribution < 1.29 is 9.53 Å². The molecule has 0 unspecified atom stereocenters. The van der Waals surface area contributed by atoms with Crippen molar-refractivity contribution in [3.63, 3.8) is 0 Å². The van der Waals surface area contributed by atoms with Gasteiger partial charge in [0.15, 0.2) is 5.69 Å². The lowest BCUT2D eigenvalue weighted by Gasteiger charge is -2.23. The van der Waals surface area contributed by atoms with Crippen LogP contribution >= 0.6 is 0 Å². The van der Waals surface area contributed by atoms with E-state index in [1.807, 2.05) is 17.0 Å². The van der Waals surface area contributed by atoms with Gasteiger partial charge in [-0.15, -0.1) is 5.10 Å². The number of fused-ring (bicyclic) bond motifs is 1. The molecular formula is C20H20N4O2. The Labute approximate surface area is 151 Å². The molecular weight excluding hydrogens is 328 g/mol. The molecule has 1 saturated heterocycles. The third-order valence-corrected chi connectivity index (χ3v) is 4.61. The molecule has 1 aromatic carbocycles. The number of pyridine rings is 1. The molecule has 4 rings (SSSR count). The lowest BCUT2D eigenvalue weighted by molar-refractivity contribution is 0.0730. The van der Waals surface area contributed by atoms with Crippen LogP contribution in [0.5, 0.6) is 0 Å². The van der Waals surface area contributed by atoms with E-state index in [9.17, 15) is 4.79 Å². The monoisotopic (exact) mass is 348 g/mol. The molecule has 132 valence electrons. The molecule has 0 spiro atoms. The van der Waals surface area contributed by atoms with Crippen LogP contribution in [0.1, 0.15) is 16.1 Å². The van der Waals surface area contributed by atoms with Gasteiger partial charge in [0.2, 0.25) is 0 Å². The fraction of sp³-hybridized carbons (Fsp3) is 0.300. The normalized spacial score (nSPS) is 17.8. The predicted molar refractivity (Wildman–Crippen MR) is 97.7 cm³/mol. The molecule has 6 nitrogen and oxygen atoms in total. The summed E-state index contributed by atoms with van der Waals surface area (Å²) in [6.45, 7) is 2.42. The van der Waals surface area contributed by atoms with Crippen LogP contribution < -0.4 is 0 Å². The Morgan fingerprint density at radius 1 is 1.19 bits per heavy atom. The van der Waals surface area contributed by atoms with E-state index in [0.29, 0.717) is 32.0 Å². The van der Waals surface area contributed by atoms with E-state index < -0.39 is 0 Å². The average molecular weight is 348 g/mol. The van der Waals surface area contributed by atoms with Gasteiger partial charge in [0.05, 0.1) is 18.7 Å². The summed E-state index contributed by atoms with van der Waals surface area (Å²) in [4.78, 5) is 18.9. The summed E-state index contributed by atoms with van der Waals surface area (Å²) in [7, 11) is 0. The maximum absolute atomic E-state index is 12.7. The van der Waals surface area contributed by atoms with Crippen LogP contribution in [0.3, 0.4) is 0 Å². The summed E-state index contributed by atoms with van der Waals surface area (Å²) in [5.74, 6) is 0.156. The molecule has 0 aliphatic carbocycles. The first kappa shape index (κ1) is 16.6. The van der Waals surface area contributed by atoms with Gasteiger partial charge in [0.1, 0.15) is 0 Å². The van der Waals surface area contributed by atoms with Gasteiger partial charge in [-0.3, -0.25) is 9.78 Å². The summed E-state index contributed by atoms with van der Waals surface area (Å²) in [5.41, 5.74) is 2.60. The van der Waals surface area contributed by atoms with Gasteiger partial charge in [0.25, 0.3) is 5.91 Å². The Morgan fingerprint density at radius 3 is 3.00 bits per heavy atom. The SMILES string of the molecule is O=C(c1cccnn1)N1CCOC[C@H](Cc2ccc3ncccc3c2)C1. The van der Waals surface area contributed by atoms with Gasteiger partial charge in [-0.1, -0.05) is 12.1 Å². The highest BCUT2D eigenvalue weighted by molar-refractivity contribution is 5.92. The van der Waals surface area contributed by atoms with Gasteiger partial charge in [-0.2, -0.15) is 5.10 Å². The summed E-state index contributed by atoms with van der Waals surface area (Å²) in [6.07, 6.45) is 4.23. The maximum atomic E-state index is 12.7. The number of hydrogen-bond acceptors (Lipinski definition) is 5. The zero-order valence-electron chi connectivity index (χ0n) is 14.4. The van der Waals surface area contributed by atoms with Crippen LogP contribution in [0.15, 0.2) is 54.9 Å². The highest BCUT2D eigenvalue weighted by atomic mass is 16.5. The van der Waals surface area contributed by atoms with Gasteiger partial charge >= 0.3 is 0 Å². The number of benzene rings is 1. The summed E-state index contributed by atoms with van der Waals surface area (Å²) in [6, 6.07) is 13.8. The van der Waals surface area contributed by atoms with Crippen molar-refractivity contribution in [1.82, 2.24) is 20.1 Å². The molecule has 3 heterocycles. The molecule has 0 N–H and O–H groups in total. The number of amides is 1. The zero-order chi connectivity index (χ0) is 17.8. The molecule has 0 bridgehead atoms. The molecule has 1 atom stereocenters. The topological polar surface area (TPSA) is 68.2 Å². The third kappa shape index (κ3) is 3.70. The minimum atomic E-state index is -0.0867. The molecule has 0 saturated carbocycles. The highest BCUT2D eigenvalue weighted by Crippen LogP contribution is 2.19. The van der Waals surface area contributed by atoms with Crippen LogP contribution in [-0.2, 0) is 11.2 Å². The van der Waals surface area contributed by atoms with Crippen molar-refractivity contribution in [1.29, 1.82) is 0 Å². The molecule has 1 aliphatic rings. The molecule has 2 aromatic heterocycles. The third-order valence-electron chi connectivity index (χ3n) is 4.61. The van der Waals surface area contributed by atoms with Crippen molar-refractivity contribution in [2.45, 2.75) is 6.42 Å². The van der Waals surface area contributed by atoms with Crippen LogP contribution in [0.25, 0.3) is 10.9 Å². The summed E-state index contributed by atoms with van der Waals surface area (Å²) in [5, 5.41) is 8.88. The second-order valence-corrected chi connectivity index (χ2v) is 6.54. The molecule has 1 aliphatic heterocycles. The minimum Gasteiger partial charge on any atom is -0.379 e. The van der Waals surface area contributed by atoms with E-state index in [1.165, 1.54) is 5.56 Å². The van der Waals surface area contributed by atoms with Crippen LogP contribution in [0, 0.1) is 5.92 Å². The number of rotatable bonds is 3. The number of carbonyl (C=O) groups is 1. The van der Waals surface area contributed by atoms with E-state index in [2.05, 4.69) is 33.4 Å². The first-order valence-electron chi connectivity index (χ1n) is 8.78. The van der Waals surface area contributed by atoms with Gasteiger partial charge < -0.3 is 9.64 Å². The van der Waals surface area contributed by atoms with Gasteiger partial charge in [-0.25, -0.2) is 0 Å². The quantitative estimate of drug-likeness (QED) is 0.727. The standard InChI is InChI=1S/C20H20N4O2/c25-20(19-4-2-8-22-23-19)24-9-10-26-14-16(13-24)11-15-5-6-18-17(12-15)3-1-7-21-18/h1-8,12,16H,9-11,13-14H2/t16-/m1/s1. The number of aromatic nitrogens is 3. The van der Waals surface area contributed by atoms with Crippen molar-refractivity contribution in [2.24, 2.45) is 5.92 Å². The van der Waals surface area contributed by atoms with Crippen molar-refractivity contribution >= 4 is 16.8 Å². The fourth-order valence-corrected chi connectivity index (χ4v) is 3.35. The van der Waals surface area contributed by atoms with E-state index in [0.717, 1.165) is 17.3 Å². The first-order valence-corrected chi connectivity index (χ1v) is 8.78. The molecule has 26 heavy (non-hydrogen) atoms. The maximum Gasteiger partial charge on any atom is 0.274 e.